The molecular weight excluding hydrogens is 210 g/mol. The number of hydrogen-bond acceptors (Lipinski definition) is 2. The summed E-state index contributed by atoms with van der Waals surface area (Å²) in [6.07, 6.45) is 2.41. The van der Waals surface area contributed by atoms with E-state index in [-0.39, 0.29) is 6.61 Å². The van der Waals surface area contributed by atoms with Crippen molar-refractivity contribution in [1.29, 1.82) is 0 Å². The Morgan fingerprint density at radius 2 is 1.94 bits per heavy atom. The molecule has 1 aromatic carbocycles. The first-order valence-electron chi connectivity index (χ1n) is 6.57. The summed E-state index contributed by atoms with van der Waals surface area (Å²) in [7, 11) is 2.18. The highest BCUT2D eigenvalue weighted by Crippen LogP contribution is 2.33. The van der Waals surface area contributed by atoms with Crippen LogP contribution in [-0.2, 0) is 0 Å². The fourth-order valence-corrected chi connectivity index (χ4v) is 2.94. The number of aliphatic hydroxyl groups is 1. The van der Waals surface area contributed by atoms with Crippen molar-refractivity contribution in [3.8, 4) is 0 Å². The van der Waals surface area contributed by atoms with Crippen LogP contribution in [0.15, 0.2) is 24.3 Å². The minimum Gasteiger partial charge on any atom is -0.396 e. The summed E-state index contributed by atoms with van der Waals surface area (Å²) in [5.41, 5.74) is 2.65. The van der Waals surface area contributed by atoms with E-state index in [1.807, 2.05) is 0 Å². The third-order valence-corrected chi connectivity index (χ3v) is 4.12. The van der Waals surface area contributed by atoms with Gasteiger partial charge >= 0.3 is 0 Å². The van der Waals surface area contributed by atoms with Gasteiger partial charge in [-0.3, -0.25) is 0 Å². The number of nitrogens with zero attached hydrogens (tertiary/aromatic N) is 1. The molecule has 0 bridgehead atoms. The lowest BCUT2D eigenvalue weighted by atomic mass is 9.79. The topological polar surface area (TPSA) is 23.5 Å². The second-order valence-corrected chi connectivity index (χ2v) is 5.29. The van der Waals surface area contributed by atoms with Crippen molar-refractivity contribution in [3.05, 3.63) is 35.4 Å². The van der Waals surface area contributed by atoms with Crippen molar-refractivity contribution in [2.24, 2.45) is 5.92 Å². The van der Waals surface area contributed by atoms with Crippen molar-refractivity contribution < 1.29 is 5.11 Å². The number of aliphatic hydroxyl groups excluding tert-OH is 1. The number of rotatable bonds is 3. The van der Waals surface area contributed by atoms with Crippen LogP contribution in [0.2, 0.25) is 0 Å². The maximum Gasteiger partial charge on any atom is 0.0502 e. The molecule has 1 aliphatic heterocycles. The van der Waals surface area contributed by atoms with E-state index in [1.54, 1.807) is 0 Å². The highest BCUT2D eigenvalue weighted by atomic mass is 16.3. The van der Waals surface area contributed by atoms with Crippen LogP contribution in [-0.4, -0.2) is 36.8 Å². The maximum atomic E-state index is 9.71. The van der Waals surface area contributed by atoms with Gasteiger partial charge in [-0.05, 0) is 56.9 Å². The Morgan fingerprint density at radius 3 is 2.53 bits per heavy atom. The van der Waals surface area contributed by atoms with Gasteiger partial charge in [-0.25, -0.2) is 0 Å². The number of likely N-dealkylation sites (tertiary alicyclic amines) is 1. The lowest BCUT2D eigenvalue weighted by molar-refractivity contribution is 0.156. The molecule has 0 saturated carbocycles. The molecule has 1 heterocycles. The Balaban J connectivity index is 2.14. The molecule has 1 aromatic rings. The van der Waals surface area contributed by atoms with Gasteiger partial charge in [0.15, 0.2) is 0 Å². The maximum absolute atomic E-state index is 9.71. The van der Waals surface area contributed by atoms with Crippen molar-refractivity contribution >= 4 is 0 Å². The van der Waals surface area contributed by atoms with Gasteiger partial charge in [0.05, 0.1) is 6.61 Å². The Bertz CT molecular complexity index is 356. The summed E-state index contributed by atoms with van der Waals surface area (Å²) >= 11 is 0. The van der Waals surface area contributed by atoms with Gasteiger partial charge in [-0.15, -0.1) is 0 Å². The van der Waals surface area contributed by atoms with Crippen LogP contribution < -0.4 is 0 Å². The fourth-order valence-electron chi connectivity index (χ4n) is 2.94. The van der Waals surface area contributed by atoms with Gasteiger partial charge in [0, 0.05) is 5.92 Å². The first-order valence-corrected chi connectivity index (χ1v) is 6.57. The summed E-state index contributed by atoms with van der Waals surface area (Å²) in [5.74, 6) is 0.960. The molecule has 1 unspecified atom stereocenters. The number of piperidine rings is 1. The second kappa shape index (κ2) is 5.65. The van der Waals surface area contributed by atoms with Crippen LogP contribution in [0.1, 0.15) is 29.9 Å². The smallest absolute Gasteiger partial charge is 0.0502 e. The summed E-state index contributed by atoms with van der Waals surface area (Å²) in [6.45, 7) is 4.74. The summed E-state index contributed by atoms with van der Waals surface area (Å²) < 4.78 is 0. The molecule has 2 heteroatoms. The Labute approximate surface area is 104 Å². The lowest BCUT2D eigenvalue weighted by Gasteiger charge is -2.34. The minimum absolute atomic E-state index is 0.277. The molecule has 0 radical (unpaired) electrons. The van der Waals surface area contributed by atoms with Gasteiger partial charge < -0.3 is 10.0 Å². The first-order chi connectivity index (χ1) is 8.22. The fraction of sp³-hybridized carbons (Fsp3) is 0.600. The van der Waals surface area contributed by atoms with E-state index >= 15 is 0 Å². The summed E-state index contributed by atoms with van der Waals surface area (Å²) in [6, 6.07) is 8.48. The molecule has 17 heavy (non-hydrogen) atoms. The molecule has 1 N–H and O–H groups in total. The van der Waals surface area contributed by atoms with Gasteiger partial charge in [0.25, 0.3) is 0 Å². The average molecular weight is 233 g/mol. The molecule has 1 fully saturated rings. The van der Waals surface area contributed by atoms with Crippen LogP contribution in [0.3, 0.4) is 0 Å². The highest BCUT2D eigenvalue weighted by molar-refractivity contribution is 5.29. The molecule has 0 amide bonds. The molecule has 94 valence electrons. The molecular formula is C15H23NO. The van der Waals surface area contributed by atoms with Gasteiger partial charge in [-0.2, -0.15) is 0 Å². The van der Waals surface area contributed by atoms with Crippen molar-refractivity contribution in [1.82, 2.24) is 4.90 Å². The summed E-state index contributed by atoms with van der Waals surface area (Å²) in [4.78, 5) is 2.38. The van der Waals surface area contributed by atoms with Gasteiger partial charge in [0.1, 0.15) is 0 Å². The van der Waals surface area contributed by atoms with Crippen molar-refractivity contribution in [2.75, 3.05) is 26.7 Å². The summed E-state index contributed by atoms with van der Waals surface area (Å²) in [5, 5.41) is 9.71. The lowest BCUT2D eigenvalue weighted by Crippen LogP contribution is -2.33. The van der Waals surface area contributed by atoms with Gasteiger partial charge in [-0.1, -0.05) is 24.3 Å². The number of aryl methyl sites for hydroxylation is 1. The SMILES string of the molecule is Cc1ccccc1C(CO)C1CCN(C)CC1. The van der Waals surface area contributed by atoms with E-state index in [1.165, 1.54) is 24.0 Å². The van der Waals surface area contributed by atoms with Crippen LogP contribution in [0, 0.1) is 12.8 Å². The largest absolute Gasteiger partial charge is 0.396 e. The minimum atomic E-state index is 0.277. The second-order valence-electron chi connectivity index (χ2n) is 5.29. The normalized spacial score (nSPS) is 20.4. The van der Waals surface area contributed by atoms with E-state index in [4.69, 9.17) is 0 Å². The highest BCUT2D eigenvalue weighted by Gasteiger charge is 2.26. The number of hydrogen-bond donors (Lipinski definition) is 1. The Kier molecular flexibility index (Phi) is 4.19. The Hall–Kier alpha value is -0.860. The van der Waals surface area contributed by atoms with Crippen LogP contribution in [0.4, 0.5) is 0 Å². The molecule has 2 rings (SSSR count). The van der Waals surface area contributed by atoms with E-state index in [0.29, 0.717) is 11.8 Å². The molecule has 1 aliphatic rings. The molecule has 0 aromatic heterocycles. The average Bonchev–Trinajstić information content (AvgIpc) is 2.35. The predicted octanol–water partition coefficient (Wildman–Crippen LogP) is 2.41. The zero-order chi connectivity index (χ0) is 12.3. The van der Waals surface area contributed by atoms with E-state index in [0.717, 1.165) is 13.1 Å². The van der Waals surface area contributed by atoms with E-state index < -0.39 is 0 Å². The van der Waals surface area contributed by atoms with Crippen molar-refractivity contribution in [2.45, 2.75) is 25.7 Å². The standard InChI is InChI=1S/C15H23NO/c1-12-5-3-4-6-14(12)15(11-17)13-7-9-16(2)10-8-13/h3-6,13,15,17H,7-11H2,1-2H3. The molecule has 0 spiro atoms. The Morgan fingerprint density at radius 1 is 1.29 bits per heavy atom. The molecule has 1 atom stereocenters. The first kappa shape index (κ1) is 12.6. The van der Waals surface area contributed by atoms with Crippen LogP contribution in [0.25, 0.3) is 0 Å². The van der Waals surface area contributed by atoms with Gasteiger partial charge in [0.2, 0.25) is 0 Å². The quantitative estimate of drug-likeness (QED) is 0.866. The zero-order valence-electron chi connectivity index (χ0n) is 10.9. The van der Waals surface area contributed by atoms with Crippen LogP contribution in [0.5, 0.6) is 0 Å². The predicted molar refractivity (Wildman–Crippen MR) is 71.2 cm³/mol. The van der Waals surface area contributed by atoms with Crippen LogP contribution >= 0.6 is 0 Å². The number of benzene rings is 1. The third-order valence-electron chi connectivity index (χ3n) is 4.12. The monoisotopic (exact) mass is 233 g/mol. The zero-order valence-corrected chi connectivity index (χ0v) is 10.9. The molecule has 0 aliphatic carbocycles. The van der Waals surface area contributed by atoms with Crippen molar-refractivity contribution in [3.63, 3.8) is 0 Å². The van der Waals surface area contributed by atoms with E-state index in [9.17, 15) is 5.11 Å². The third kappa shape index (κ3) is 2.88. The molecule has 1 saturated heterocycles. The molecule has 2 nitrogen and oxygen atoms in total. The van der Waals surface area contributed by atoms with E-state index in [2.05, 4.69) is 43.1 Å².